The molecule has 2 N–H and O–H groups in total. The molecule has 2 heterocycles. The molecular weight excluding hydrogens is 290 g/mol. The summed E-state index contributed by atoms with van der Waals surface area (Å²) in [5.74, 6) is 5.19. The van der Waals surface area contributed by atoms with Crippen LogP contribution in [0.4, 0.5) is 0 Å². The lowest BCUT2D eigenvalue weighted by Gasteiger charge is -2.33. The van der Waals surface area contributed by atoms with Gasteiger partial charge in [-0.15, -0.1) is 0 Å². The van der Waals surface area contributed by atoms with Gasteiger partial charge in [-0.3, -0.25) is 4.79 Å². The van der Waals surface area contributed by atoms with E-state index in [2.05, 4.69) is 16.8 Å². The Balaban J connectivity index is 2.29. The van der Waals surface area contributed by atoms with E-state index in [1.165, 1.54) is 11.1 Å². The van der Waals surface area contributed by atoms with Gasteiger partial charge in [-0.25, -0.2) is 13.4 Å². The van der Waals surface area contributed by atoms with Crippen molar-refractivity contribution in [2.75, 3.05) is 24.6 Å². The summed E-state index contributed by atoms with van der Waals surface area (Å²) in [7, 11) is -3.06. The largest absolute Gasteiger partial charge is 0.333 e. The second-order valence-electron chi connectivity index (χ2n) is 4.87. The zero-order chi connectivity index (χ0) is 15.5. The van der Waals surface area contributed by atoms with Gasteiger partial charge in [-0.1, -0.05) is 11.8 Å². The van der Waals surface area contributed by atoms with Crippen LogP contribution in [0.3, 0.4) is 0 Å². The highest BCUT2D eigenvalue weighted by Crippen LogP contribution is 2.16. The maximum atomic E-state index is 12.6. The molecule has 1 aliphatic rings. The van der Waals surface area contributed by atoms with Crippen LogP contribution in [0.1, 0.15) is 23.0 Å². The highest BCUT2D eigenvalue weighted by molar-refractivity contribution is 7.91. The third-order valence-electron chi connectivity index (χ3n) is 3.27. The molecule has 7 heteroatoms. The summed E-state index contributed by atoms with van der Waals surface area (Å²) in [6, 6.07) is 3.03. The van der Waals surface area contributed by atoms with Crippen LogP contribution in [-0.2, 0) is 9.84 Å². The van der Waals surface area contributed by atoms with E-state index in [1.54, 1.807) is 19.1 Å². The van der Waals surface area contributed by atoms with Gasteiger partial charge in [0.2, 0.25) is 0 Å². The van der Waals surface area contributed by atoms with Gasteiger partial charge in [-0.05, 0) is 19.1 Å². The molecule has 1 amide bonds. The molecule has 0 bridgehead atoms. The number of carbonyl (C=O) groups excluding carboxylic acids is 1. The van der Waals surface area contributed by atoms with E-state index in [9.17, 15) is 13.2 Å². The second kappa shape index (κ2) is 6.24. The average molecular weight is 307 g/mol. The third-order valence-corrected chi connectivity index (χ3v) is 5.06. The van der Waals surface area contributed by atoms with Gasteiger partial charge in [0.05, 0.1) is 23.6 Å². The standard InChI is InChI=1S/C14H17N3O3S/c1-11-10-21(19,20)9-8-17(11)14(18)13-12(4-2-6-15)5-3-7-16-13/h3,5,7,11H,6,8-10,15H2,1H3. The normalized spacial score (nSPS) is 20.5. The Labute approximate surface area is 124 Å². The first-order chi connectivity index (χ1) is 9.94. The van der Waals surface area contributed by atoms with E-state index in [-0.39, 0.29) is 42.2 Å². The molecule has 0 spiro atoms. The van der Waals surface area contributed by atoms with Gasteiger partial charge in [0.1, 0.15) is 5.69 Å². The van der Waals surface area contributed by atoms with Crippen molar-refractivity contribution < 1.29 is 13.2 Å². The number of nitrogens with zero attached hydrogens (tertiary/aromatic N) is 2. The van der Waals surface area contributed by atoms with Crippen molar-refractivity contribution in [3.8, 4) is 11.8 Å². The van der Waals surface area contributed by atoms with Gasteiger partial charge in [0.15, 0.2) is 9.84 Å². The Morgan fingerprint density at radius 1 is 1.57 bits per heavy atom. The van der Waals surface area contributed by atoms with Gasteiger partial charge in [0.25, 0.3) is 5.91 Å². The van der Waals surface area contributed by atoms with Gasteiger partial charge >= 0.3 is 0 Å². The highest BCUT2D eigenvalue weighted by Gasteiger charge is 2.32. The molecule has 1 atom stereocenters. The van der Waals surface area contributed by atoms with Crippen molar-refractivity contribution in [1.82, 2.24) is 9.88 Å². The molecule has 1 aromatic heterocycles. The van der Waals surface area contributed by atoms with E-state index >= 15 is 0 Å². The van der Waals surface area contributed by atoms with Crippen LogP contribution in [0.25, 0.3) is 0 Å². The van der Waals surface area contributed by atoms with Crippen LogP contribution in [0.2, 0.25) is 0 Å². The number of hydrogen-bond donors (Lipinski definition) is 1. The molecule has 1 fully saturated rings. The predicted molar refractivity (Wildman–Crippen MR) is 79.3 cm³/mol. The molecule has 0 saturated carbocycles. The number of amides is 1. The summed E-state index contributed by atoms with van der Waals surface area (Å²) in [4.78, 5) is 18.2. The molecule has 6 nitrogen and oxygen atoms in total. The minimum Gasteiger partial charge on any atom is -0.333 e. The molecular formula is C14H17N3O3S. The lowest BCUT2D eigenvalue weighted by atomic mass is 10.1. The van der Waals surface area contributed by atoms with Crippen molar-refractivity contribution in [1.29, 1.82) is 0 Å². The third kappa shape index (κ3) is 3.60. The zero-order valence-electron chi connectivity index (χ0n) is 11.7. The maximum absolute atomic E-state index is 12.6. The molecule has 21 heavy (non-hydrogen) atoms. The van der Waals surface area contributed by atoms with Crippen molar-refractivity contribution in [3.05, 3.63) is 29.6 Å². The molecule has 0 radical (unpaired) electrons. The minimum absolute atomic E-state index is 0.0142. The Morgan fingerprint density at radius 2 is 2.33 bits per heavy atom. The molecule has 0 aromatic carbocycles. The molecule has 1 unspecified atom stereocenters. The zero-order valence-corrected chi connectivity index (χ0v) is 12.6. The molecule has 1 aliphatic heterocycles. The smallest absolute Gasteiger partial charge is 0.274 e. The average Bonchev–Trinajstić information content (AvgIpc) is 2.44. The lowest BCUT2D eigenvalue weighted by Crippen LogP contribution is -2.50. The van der Waals surface area contributed by atoms with Crippen LogP contribution in [-0.4, -0.2) is 54.8 Å². The summed E-state index contributed by atoms with van der Waals surface area (Å²) >= 11 is 0. The summed E-state index contributed by atoms with van der Waals surface area (Å²) < 4.78 is 23.2. The van der Waals surface area contributed by atoms with Crippen LogP contribution >= 0.6 is 0 Å². The van der Waals surface area contributed by atoms with E-state index in [1.807, 2.05) is 0 Å². The van der Waals surface area contributed by atoms with E-state index in [4.69, 9.17) is 5.73 Å². The number of sulfone groups is 1. The predicted octanol–water partition coefficient (Wildman–Crippen LogP) is -0.349. The lowest BCUT2D eigenvalue weighted by molar-refractivity contribution is 0.0706. The molecule has 0 aliphatic carbocycles. The monoisotopic (exact) mass is 307 g/mol. The van der Waals surface area contributed by atoms with Crippen LogP contribution < -0.4 is 5.73 Å². The Bertz CT molecular complexity index is 704. The topological polar surface area (TPSA) is 93.4 Å². The molecule has 112 valence electrons. The first kappa shape index (κ1) is 15.5. The van der Waals surface area contributed by atoms with Crippen LogP contribution in [0, 0.1) is 11.8 Å². The summed E-state index contributed by atoms with van der Waals surface area (Å²) in [5.41, 5.74) is 6.09. The highest BCUT2D eigenvalue weighted by atomic mass is 32.2. The van der Waals surface area contributed by atoms with Crippen LogP contribution in [0.5, 0.6) is 0 Å². The van der Waals surface area contributed by atoms with Crippen molar-refractivity contribution in [3.63, 3.8) is 0 Å². The van der Waals surface area contributed by atoms with Crippen molar-refractivity contribution >= 4 is 15.7 Å². The maximum Gasteiger partial charge on any atom is 0.274 e. The minimum atomic E-state index is -3.06. The van der Waals surface area contributed by atoms with E-state index < -0.39 is 9.84 Å². The molecule has 2 rings (SSSR count). The number of carbonyl (C=O) groups is 1. The quantitative estimate of drug-likeness (QED) is 0.716. The Kier molecular flexibility index (Phi) is 4.60. The summed E-state index contributed by atoms with van der Waals surface area (Å²) in [6.45, 7) is 2.10. The number of rotatable bonds is 1. The fourth-order valence-electron chi connectivity index (χ4n) is 2.26. The Hall–Kier alpha value is -1.91. The number of aromatic nitrogens is 1. The van der Waals surface area contributed by atoms with Crippen molar-refractivity contribution in [2.45, 2.75) is 13.0 Å². The van der Waals surface area contributed by atoms with Crippen molar-refractivity contribution in [2.24, 2.45) is 5.73 Å². The second-order valence-corrected chi connectivity index (χ2v) is 7.10. The molecule has 1 aromatic rings. The SMILES string of the molecule is CC1CS(=O)(=O)CCN1C(=O)c1ncccc1C#CCN. The van der Waals surface area contributed by atoms with Gasteiger partial charge in [-0.2, -0.15) is 0 Å². The van der Waals surface area contributed by atoms with Crippen LogP contribution in [0.15, 0.2) is 18.3 Å². The fourth-order valence-corrected chi connectivity index (χ4v) is 3.82. The Morgan fingerprint density at radius 3 is 3.00 bits per heavy atom. The number of nitrogens with two attached hydrogens (primary N) is 1. The van der Waals surface area contributed by atoms with Gasteiger partial charge < -0.3 is 10.6 Å². The number of pyridine rings is 1. The first-order valence-electron chi connectivity index (χ1n) is 6.60. The first-order valence-corrected chi connectivity index (χ1v) is 8.42. The molecule has 1 saturated heterocycles. The number of hydrogen-bond acceptors (Lipinski definition) is 5. The summed E-state index contributed by atoms with van der Waals surface area (Å²) in [5, 5.41) is 0. The summed E-state index contributed by atoms with van der Waals surface area (Å²) in [6.07, 6.45) is 1.52. The fraction of sp³-hybridized carbons (Fsp3) is 0.429. The van der Waals surface area contributed by atoms with Gasteiger partial charge in [0, 0.05) is 18.8 Å². The van der Waals surface area contributed by atoms with E-state index in [0.717, 1.165) is 0 Å². The van der Waals surface area contributed by atoms with E-state index in [0.29, 0.717) is 5.56 Å².